The molecule has 0 fully saturated rings. The molecule has 15 heavy (non-hydrogen) atoms. The molecule has 1 aromatic carbocycles. The van der Waals surface area contributed by atoms with Crippen molar-refractivity contribution in [3.8, 4) is 0 Å². The zero-order valence-corrected chi connectivity index (χ0v) is 9.82. The molecule has 0 spiro atoms. The number of rotatable bonds is 3. The Kier molecular flexibility index (Phi) is 4.50. The van der Waals surface area contributed by atoms with Gasteiger partial charge in [-0.25, -0.2) is 5.48 Å². The second kappa shape index (κ2) is 5.66. The second-order valence-electron chi connectivity index (χ2n) is 2.70. The summed E-state index contributed by atoms with van der Waals surface area (Å²) in [7, 11) is 0. The number of carbonyl (C=O) groups excluding carboxylic acids is 2. The Bertz CT molecular complexity index is 381. The van der Waals surface area contributed by atoms with E-state index in [1.54, 1.807) is 18.2 Å². The van der Waals surface area contributed by atoms with Crippen molar-refractivity contribution >= 4 is 34.4 Å². The SMILES string of the molecule is O=C(CNC(=O)c1ccccc1I)NO. The van der Waals surface area contributed by atoms with Gasteiger partial charge in [-0.1, -0.05) is 12.1 Å². The first-order valence-corrected chi connectivity index (χ1v) is 5.18. The van der Waals surface area contributed by atoms with E-state index in [9.17, 15) is 9.59 Å². The molecule has 0 saturated carbocycles. The summed E-state index contributed by atoms with van der Waals surface area (Å²) in [5.41, 5.74) is 1.93. The summed E-state index contributed by atoms with van der Waals surface area (Å²) in [6.07, 6.45) is 0. The minimum atomic E-state index is -0.658. The van der Waals surface area contributed by atoms with Crippen molar-refractivity contribution in [2.45, 2.75) is 0 Å². The number of hydrogen-bond acceptors (Lipinski definition) is 3. The maximum absolute atomic E-state index is 11.5. The molecule has 2 amide bonds. The lowest BCUT2D eigenvalue weighted by molar-refractivity contribution is -0.128. The van der Waals surface area contributed by atoms with E-state index in [2.05, 4.69) is 5.32 Å². The van der Waals surface area contributed by atoms with Crippen molar-refractivity contribution in [3.63, 3.8) is 0 Å². The summed E-state index contributed by atoms with van der Waals surface area (Å²) < 4.78 is 0.803. The molecule has 6 heteroatoms. The van der Waals surface area contributed by atoms with Gasteiger partial charge in [0.2, 0.25) is 0 Å². The number of benzene rings is 1. The number of nitrogens with one attached hydrogen (secondary N) is 2. The van der Waals surface area contributed by atoms with E-state index < -0.39 is 5.91 Å². The van der Waals surface area contributed by atoms with Gasteiger partial charge in [-0.2, -0.15) is 0 Å². The van der Waals surface area contributed by atoms with Gasteiger partial charge in [-0.05, 0) is 34.7 Å². The van der Waals surface area contributed by atoms with Crippen molar-refractivity contribution in [1.29, 1.82) is 0 Å². The molecule has 1 rings (SSSR count). The fourth-order valence-electron chi connectivity index (χ4n) is 0.941. The summed E-state index contributed by atoms with van der Waals surface area (Å²) in [4.78, 5) is 22.2. The topological polar surface area (TPSA) is 78.4 Å². The van der Waals surface area contributed by atoms with E-state index in [4.69, 9.17) is 5.21 Å². The Morgan fingerprint density at radius 1 is 1.33 bits per heavy atom. The third kappa shape index (κ3) is 3.48. The van der Waals surface area contributed by atoms with Crippen LogP contribution in [0.15, 0.2) is 24.3 Å². The highest BCUT2D eigenvalue weighted by Crippen LogP contribution is 2.10. The summed E-state index contributed by atoms with van der Waals surface area (Å²) >= 11 is 2.03. The molecule has 0 unspecified atom stereocenters. The van der Waals surface area contributed by atoms with Crippen molar-refractivity contribution in [2.24, 2.45) is 0 Å². The number of hydroxylamine groups is 1. The van der Waals surface area contributed by atoms with Crippen LogP contribution in [0, 0.1) is 3.57 Å². The molecule has 0 bridgehead atoms. The first kappa shape index (κ1) is 11.9. The molecule has 1 aromatic rings. The third-order valence-corrected chi connectivity index (χ3v) is 2.59. The van der Waals surface area contributed by atoms with Crippen LogP contribution in [0.5, 0.6) is 0 Å². The molecule has 80 valence electrons. The van der Waals surface area contributed by atoms with Gasteiger partial charge < -0.3 is 5.32 Å². The van der Waals surface area contributed by atoms with Crippen LogP contribution < -0.4 is 10.8 Å². The minimum Gasteiger partial charge on any atom is -0.343 e. The Morgan fingerprint density at radius 2 is 2.00 bits per heavy atom. The summed E-state index contributed by atoms with van der Waals surface area (Å²) in [5.74, 6) is -1.00. The zero-order chi connectivity index (χ0) is 11.3. The van der Waals surface area contributed by atoms with Crippen molar-refractivity contribution in [1.82, 2.24) is 10.8 Å². The first-order chi connectivity index (χ1) is 7.15. The molecule has 0 saturated heterocycles. The lowest BCUT2D eigenvalue weighted by atomic mass is 10.2. The fourth-order valence-corrected chi connectivity index (χ4v) is 1.57. The van der Waals surface area contributed by atoms with Crippen LogP contribution in [0.1, 0.15) is 10.4 Å². The molecular formula is C9H9IN2O3. The van der Waals surface area contributed by atoms with E-state index >= 15 is 0 Å². The molecule has 0 aromatic heterocycles. The molecule has 0 aliphatic heterocycles. The lowest BCUT2D eigenvalue weighted by Gasteiger charge is -2.05. The number of amides is 2. The van der Waals surface area contributed by atoms with E-state index in [0.717, 1.165) is 3.57 Å². The Labute approximate surface area is 100.0 Å². The van der Waals surface area contributed by atoms with Crippen LogP contribution >= 0.6 is 22.6 Å². The van der Waals surface area contributed by atoms with Crippen LogP contribution in [0.2, 0.25) is 0 Å². The summed E-state index contributed by atoms with van der Waals surface area (Å²) in [5, 5.41) is 10.6. The van der Waals surface area contributed by atoms with Gasteiger partial charge in [0, 0.05) is 3.57 Å². The fraction of sp³-hybridized carbons (Fsp3) is 0.111. The predicted octanol–water partition coefficient (Wildman–Crippen LogP) is 0.526. The van der Waals surface area contributed by atoms with E-state index in [1.165, 1.54) is 5.48 Å². The molecular weight excluding hydrogens is 311 g/mol. The number of halogens is 1. The number of hydrogen-bond donors (Lipinski definition) is 3. The molecule has 0 atom stereocenters. The monoisotopic (exact) mass is 320 g/mol. The van der Waals surface area contributed by atoms with Gasteiger partial charge in [-0.3, -0.25) is 14.8 Å². The average molecular weight is 320 g/mol. The Hall–Kier alpha value is -1.15. The largest absolute Gasteiger partial charge is 0.343 e. The quantitative estimate of drug-likeness (QED) is 0.432. The molecule has 0 aliphatic rings. The van der Waals surface area contributed by atoms with Crippen LogP contribution in [-0.2, 0) is 4.79 Å². The highest BCUT2D eigenvalue weighted by Gasteiger charge is 2.09. The van der Waals surface area contributed by atoms with Gasteiger partial charge in [-0.15, -0.1) is 0 Å². The molecule has 0 aliphatic carbocycles. The molecule has 3 N–H and O–H groups in total. The van der Waals surface area contributed by atoms with E-state index in [-0.39, 0.29) is 12.5 Å². The van der Waals surface area contributed by atoms with Crippen LogP contribution in [0.3, 0.4) is 0 Å². The smallest absolute Gasteiger partial charge is 0.262 e. The lowest BCUT2D eigenvalue weighted by Crippen LogP contribution is -2.35. The highest BCUT2D eigenvalue weighted by molar-refractivity contribution is 14.1. The average Bonchev–Trinajstić information content (AvgIpc) is 2.26. The Balaban J connectivity index is 2.62. The maximum Gasteiger partial charge on any atom is 0.262 e. The second-order valence-corrected chi connectivity index (χ2v) is 3.86. The molecule has 0 radical (unpaired) electrons. The third-order valence-electron chi connectivity index (χ3n) is 1.65. The van der Waals surface area contributed by atoms with Gasteiger partial charge in [0.15, 0.2) is 0 Å². The van der Waals surface area contributed by atoms with Crippen LogP contribution in [0.4, 0.5) is 0 Å². The number of carbonyl (C=O) groups is 2. The van der Waals surface area contributed by atoms with Crippen molar-refractivity contribution in [2.75, 3.05) is 6.54 Å². The van der Waals surface area contributed by atoms with E-state index in [0.29, 0.717) is 5.56 Å². The zero-order valence-electron chi connectivity index (χ0n) is 7.66. The summed E-state index contributed by atoms with van der Waals surface area (Å²) in [6.45, 7) is -0.250. The normalized spacial score (nSPS) is 9.47. The van der Waals surface area contributed by atoms with Gasteiger partial charge in [0.1, 0.15) is 0 Å². The van der Waals surface area contributed by atoms with Crippen molar-refractivity contribution in [3.05, 3.63) is 33.4 Å². The van der Waals surface area contributed by atoms with Gasteiger partial charge in [0.05, 0.1) is 12.1 Å². The molecule has 5 nitrogen and oxygen atoms in total. The maximum atomic E-state index is 11.5. The standard InChI is InChI=1S/C9H9IN2O3/c10-7-4-2-1-3-6(7)9(14)11-5-8(13)12-15/h1-4,15H,5H2,(H,11,14)(H,12,13). The van der Waals surface area contributed by atoms with Gasteiger partial charge in [0.25, 0.3) is 11.8 Å². The van der Waals surface area contributed by atoms with E-state index in [1.807, 2.05) is 28.7 Å². The van der Waals surface area contributed by atoms with Crippen LogP contribution in [0.25, 0.3) is 0 Å². The highest BCUT2D eigenvalue weighted by atomic mass is 127. The minimum absolute atomic E-state index is 0.250. The summed E-state index contributed by atoms with van der Waals surface area (Å²) in [6, 6.07) is 7.01. The van der Waals surface area contributed by atoms with Crippen molar-refractivity contribution < 1.29 is 14.8 Å². The Morgan fingerprint density at radius 3 is 2.60 bits per heavy atom. The first-order valence-electron chi connectivity index (χ1n) is 4.11. The van der Waals surface area contributed by atoms with Gasteiger partial charge >= 0.3 is 0 Å². The predicted molar refractivity (Wildman–Crippen MR) is 61.4 cm³/mol. The molecule has 0 heterocycles. The van der Waals surface area contributed by atoms with Crippen LogP contribution in [-0.4, -0.2) is 23.6 Å².